The molecular weight excluding hydrogens is 641 g/mol. The Hall–Kier alpha value is -4.92. The number of hydrogen-bond acceptors (Lipinski definition) is 5. The van der Waals surface area contributed by atoms with Crippen LogP contribution in [0.15, 0.2) is 103 Å². The van der Waals surface area contributed by atoms with Gasteiger partial charge >= 0.3 is 12.1 Å². The molecular formula is C38H42N3O7P. The van der Waals surface area contributed by atoms with Crippen molar-refractivity contribution < 1.29 is 33.7 Å². The summed E-state index contributed by atoms with van der Waals surface area (Å²) in [6.45, 7) is 3.74. The molecule has 0 saturated carbocycles. The molecule has 10 nitrogen and oxygen atoms in total. The number of aliphatic carboxylic acids is 1. The summed E-state index contributed by atoms with van der Waals surface area (Å²) in [5.41, 5.74) is 3.05. The van der Waals surface area contributed by atoms with Crippen LogP contribution >= 0.6 is 7.37 Å². The number of rotatable bonds is 15. The van der Waals surface area contributed by atoms with Crippen LogP contribution in [0, 0.1) is 11.8 Å². The van der Waals surface area contributed by atoms with E-state index >= 15 is 0 Å². The number of hydrogen-bond donors (Lipinski definition) is 5. The maximum atomic E-state index is 14.3. The fourth-order valence-electron chi connectivity index (χ4n) is 6.07. The van der Waals surface area contributed by atoms with E-state index in [0.29, 0.717) is 0 Å². The van der Waals surface area contributed by atoms with E-state index in [0.717, 1.165) is 38.4 Å². The minimum absolute atomic E-state index is 0.00732. The van der Waals surface area contributed by atoms with Gasteiger partial charge in [-0.1, -0.05) is 105 Å². The average Bonchev–Trinajstić information content (AvgIpc) is 3.49. The number of ether oxygens (including phenoxy) is 1. The molecule has 0 saturated heterocycles. The summed E-state index contributed by atoms with van der Waals surface area (Å²) in [7, 11) is -4.33. The molecule has 1 heterocycles. The van der Waals surface area contributed by atoms with Gasteiger partial charge in [0, 0.05) is 42.0 Å². The highest BCUT2D eigenvalue weighted by Crippen LogP contribution is 2.49. The summed E-state index contributed by atoms with van der Waals surface area (Å²) >= 11 is 0. The minimum atomic E-state index is -4.33. The topological polar surface area (TPSA) is 158 Å². The Morgan fingerprint density at radius 1 is 0.837 bits per heavy atom. The summed E-state index contributed by atoms with van der Waals surface area (Å²) in [4.78, 5) is 53.9. The van der Waals surface area contributed by atoms with E-state index in [4.69, 9.17) is 4.74 Å². The van der Waals surface area contributed by atoms with Gasteiger partial charge in [0.1, 0.15) is 18.4 Å². The van der Waals surface area contributed by atoms with E-state index < -0.39 is 49.2 Å². The molecule has 2 amide bonds. The average molecular weight is 684 g/mol. The van der Waals surface area contributed by atoms with E-state index in [1.165, 1.54) is 0 Å². The molecule has 0 fully saturated rings. The Balaban J connectivity index is 1.36. The molecule has 4 atom stereocenters. The Bertz CT molecular complexity index is 1960. The van der Waals surface area contributed by atoms with Gasteiger partial charge in [-0.2, -0.15) is 0 Å². The van der Waals surface area contributed by atoms with E-state index in [9.17, 15) is 28.9 Å². The lowest BCUT2D eigenvalue weighted by Gasteiger charge is -2.28. The number of fused-ring (bicyclic) bond motifs is 2. The Kier molecular flexibility index (Phi) is 11.5. The standard InChI is InChI=1S/C38H42N3O7P/c1-25(2)18-31(36(42)40-34(37(43)44)21-30-22-39-33-15-9-8-14-32(30)33)24-49(46,47)35(41-38(45)48-23-26-10-4-3-5-11-26)20-27-16-17-28-12-6-7-13-29(28)19-27/h3-17,19,22,25,31,34-35,39H,18,20-21,23-24H2,1-2H3,(H,40,42)(H,41,45)(H,43,44)(H,46,47)/t31?,34-,35?/m0/s1. The highest BCUT2D eigenvalue weighted by atomic mass is 31.2. The number of aromatic nitrogens is 1. The first-order valence-electron chi connectivity index (χ1n) is 16.3. The van der Waals surface area contributed by atoms with Crippen molar-refractivity contribution in [3.63, 3.8) is 0 Å². The number of amides is 2. The van der Waals surface area contributed by atoms with Crippen LogP contribution in [0.1, 0.15) is 37.0 Å². The van der Waals surface area contributed by atoms with Gasteiger partial charge in [-0.25, -0.2) is 9.59 Å². The van der Waals surface area contributed by atoms with Gasteiger partial charge in [-0.3, -0.25) is 9.36 Å². The molecule has 4 aromatic carbocycles. The maximum Gasteiger partial charge on any atom is 0.408 e. The van der Waals surface area contributed by atoms with Gasteiger partial charge in [0.25, 0.3) is 0 Å². The first-order valence-corrected chi connectivity index (χ1v) is 18.2. The third kappa shape index (κ3) is 9.59. The minimum Gasteiger partial charge on any atom is -0.480 e. The fraction of sp³-hybridized carbons (Fsp3) is 0.289. The molecule has 0 aliphatic heterocycles. The second-order valence-corrected chi connectivity index (χ2v) is 15.3. The lowest BCUT2D eigenvalue weighted by atomic mass is 9.97. The summed E-state index contributed by atoms with van der Waals surface area (Å²) in [5.74, 6) is -4.17. The summed E-state index contributed by atoms with van der Waals surface area (Å²) in [5, 5.41) is 18.1. The predicted molar refractivity (Wildman–Crippen MR) is 190 cm³/mol. The predicted octanol–water partition coefficient (Wildman–Crippen LogP) is 6.86. The number of carboxylic acids is 1. The second-order valence-electron chi connectivity index (χ2n) is 12.8. The zero-order valence-electron chi connectivity index (χ0n) is 27.5. The number of alkyl carbamates (subject to hydrolysis) is 1. The molecule has 11 heteroatoms. The normalized spacial score (nSPS) is 14.5. The fourth-order valence-corrected chi connectivity index (χ4v) is 8.08. The van der Waals surface area contributed by atoms with Gasteiger partial charge in [-0.15, -0.1) is 0 Å². The highest BCUT2D eigenvalue weighted by molar-refractivity contribution is 7.58. The maximum absolute atomic E-state index is 14.3. The van der Waals surface area contributed by atoms with Crippen molar-refractivity contribution in [1.82, 2.24) is 15.6 Å². The quantitative estimate of drug-likeness (QED) is 0.0755. The number of nitrogens with one attached hydrogen (secondary N) is 3. The number of carbonyl (C=O) groups excluding carboxylic acids is 2. The lowest BCUT2D eigenvalue weighted by molar-refractivity contribution is -0.142. The number of carbonyl (C=O) groups is 3. The van der Waals surface area contributed by atoms with Crippen LogP contribution < -0.4 is 10.6 Å². The van der Waals surface area contributed by atoms with E-state index in [1.54, 1.807) is 18.3 Å². The zero-order valence-corrected chi connectivity index (χ0v) is 28.4. The summed E-state index contributed by atoms with van der Waals surface area (Å²) < 4.78 is 19.7. The molecule has 5 N–H and O–H groups in total. The van der Waals surface area contributed by atoms with Gasteiger partial charge in [0.05, 0.1) is 0 Å². The zero-order chi connectivity index (χ0) is 35.0. The number of aromatic amines is 1. The van der Waals surface area contributed by atoms with Gasteiger partial charge < -0.3 is 30.4 Å². The third-order valence-corrected chi connectivity index (χ3v) is 10.8. The van der Waals surface area contributed by atoms with Crippen molar-refractivity contribution in [1.29, 1.82) is 0 Å². The first-order chi connectivity index (χ1) is 23.5. The van der Waals surface area contributed by atoms with E-state index in [2.05, 4.69) is 15.6 Å². The molecule has 0 radical (unpaired) electrons. The Morgan fingerprint density at radius 3 is 2.27 bits per heavy atom. The van der Waals surface area contributed by atoms with Crippen molar-refractivity contribution in [2.24, 2.45) is 11.8 Å². The van der Waals surface area contributed by atoms with Crippen molar-refractivity contribution >= 4 is 47.0 Å². The van der Waals surface area contributed by atoms with Crippen molar-refractivity contribution in [3.05, 3.63) is 120 Å². The SMILES string of the molecule is CC(C)CC(CP(=O)(O)C(Cc1ccc2ccccc2c1)NC(=O)OCc1ccccc1)C(=O)N[C@@H](Cc1c[nH]c2ccccc12)C(=O)O. The molecule has 256 valence electrons. The van der Waals surface area contributed by atoms with Crippen molar-refractivity contribution in [3.8, 4) is 0 Å². The first kappa shape index (κ1) is 35.4. The number of benzene rings is 4. The van der Waals surface area contributed by atoms with Crippen LogP contribution in [0.2, 0.25) is 0 Å². The molecule has 0 aliphatic carbocycles. The van der Waals surface area contributed by atoms with Gasteiger partial charge in [-0.05, 0) is 45.9 Å². The van der Waals surface area contributed by atoms with Gasteiger partial charge in [0.2, 0.25) is 13.3 Å². The second kappa shape index (κ2) is 16.0. The van der Waals surface area contributed by atoms with Crippen LogP contribution in [-0.2, 0) is 38.3 Å². The molecule has 5 aromatic rings. The van der Waals surface area contributed by atoms with Crippen LogP contribution in [0.3, 0.4) is 0 Å². The van der Waals surface area contributed by atoms with Crippen molar-refractivity contribution in [2.75, 3.05) is 6.16 Å². The molecule has 49 heavy (non-hydrogen) atoms. The number of para-hydroxylation sites is 1. The number of H-pyrrole nitrogens is 1. The highest BCUT2D eigenvalue weighted by Gasteiger charge is 2.39. The van der Waals surface area contributed by atoms with Gasteiger partial charge in [0.15, 0.2) is 0 Å². The molecule has 3 unspecified atom stereocenters. The molecule has 0 spiro atoms. The Labute approximate surface area is 285 Å². The van der Waals surface area contributed by atoms with Crippen molar-refractivity contribution in [2.45, 2.75) is 51.5 Å². The molecule has 5 rings (SSSR count). The molecule has 0 aliphatic rings. The number of carboxylic acid groups (broad SMARTS) is 1. The largest absolute Gasteiger partial charge is 0.480 e. The van der Waals surface area contributed by atoms with Crippen LogP contribution in [-0.4, -0.2) is 50.9 Å². The lowest BCUT2D eigenvalue weighted by Crippen LogP contribution is -2.46. The van der Waals surface area contributed by atoms with E-state index in [1.807, 2.05) is 98.8 Å². The molecule has 0 bridgehead atoms. The summed E-state index contributed by atoms with van der Waals surface area (Å²) in [6, 6.07) is 28.7. The van der Waals surface area contributed by atoms with E-state index in [-0.39, 0.29) is 31.8 Å². The van der Waals surface area contributed by atoms with Crippen LogP contribution in [0.4, 0.5) is 4.79 Å². The smallest absolute Gasteiger partial charge is 0.408 e. The van der Waals surface area contributed by atoms with Crippen LogP contribution in [0.25, 0.3) is 21.7 Å². The van der Waals surface area contributed by atoms with Crippen LogP contribution in [0.5, 0.6) is 0 Å². The molecule has 1 aromatic heterocycles. The summed E-state index contributed by atoms with van der Waals surface area (Å²) in [6.07, 6.45) is 0.659. The Morgan fingerprint density at radius 2 is 1.53 bits per heavy atom. The monoisotopic (exact) mass is 683 g/mol. The third-order valence-electron chi connectivity index (χ3n) is 8.55.